The molecule has 0 fully saturated rings. The molecule has 0 heterocycles. The van der Waals surface area contributed by atoms with Crippen LogP contribution in [-0.4, -0.2) is 35.6 Å². The van der Waals surface area contributed by atoms with Crippen LogP contribution in [0.1, 0.15) is 174 Å². The Bertz CT molecular complexity index is 990. The zero-order chi connectivity index (χ0) is 36.6. The molecule has 0 bridgehead atoms. The van der Waals surface area contributed by atoms with Gasteiger partial charge in [0.15, 0.2) is 0 Å². The molecule has 50 heavy (non-hydrogen) atoms. The van der Waals surface area contributed by atoms with Gasteiger partial charge in [-0.15, -0.1) is 0 Å². The van der Waals surface area contributed by atoms with E-state index in [1.54, 1.807) is 0 Å². The standard InChI is InChI=1S/C44H73NO5/c1-3-5-7-9-11-13-15-17-18-20-21-23-25-28-32-36-41(37-33-29-27-30-34-38-42(46)45-40-43(47)48)50-44(49)39-35-31-26-24-22-19-16-14-12-10-8-6-4-2/h6,8,12,14-15,17,19-22,26,31,41H,3-5,7,9-11,13,16,18,23-25,27-30,32-40H2,1-2H3,(H,45,46)(H,47,48)/b8-6-,14-12-,17-15-,21-20-,22-19-,31-26-. The van der Waals surface area contributed by atoms with Crippen LogP contribution in [0.2, 0.25) is 0 Å². The van der Waals surface area contributed by atoms with Gasteiger partial charge in [-0.05, 0) is 96.3 Å². The molecule has 6 heteroatoms. The highest BCUT2D eigenvalue weighted by Crippen LogP contribution is 2.17. The van der Waals surface area contributed by atoms with Crippen molar-refractivity contribution in [1.82, 2.24) is 5.32 Å². The maximum atomic E-state index is 12.7. The second kappa shape index (κ2) is 38.6. The average molecular weight is 696 g/mol. The Kier molecular flexibility index (Phi) is 36.2. The summed E-state index contributed by atoms with van der Waals surface area (Å²) in [7, 11) is 0. The highest BCUT2D eigenvalue weighted by atomic mass is 16.5. The summed E-state index contributed by atoms with van der Waals surface area (Å²) in [6.07, 6.45) is 51.6. The number of nitrogens with one attached hydrogen (secondary N) is 1. The molecule has 0 aliphatic heterocycles. The molecule has 0 rings (SSSR count). The van der Waals surface area contributed by atoms with E-state index in [0.717, 1.165) is 103 Å². The Morgan fingerprint density at radius 1 is 0.540 bits per heavy atom. The van der Waals surface area contributed by atoms with Crippen LogP contribution in [0.15, 0.2) is 72.9 Å². The number of unbranched alkanes of at least 4 members (excludes halogenated alkanes) is 12. The molecule has 0 radical (unpaired) electrons. The van der Waals surface area contributed by atoms with E-state index in [-0.39, 0.29) is 24.5 Å². The number of ether oxygens (including phenoxy) is 1. The number of hydrogen-bond acceptors (Lipinski definition) is 4. The van der Waals surface area contributed by atoms with Crippen LogP contribution in [0.25, 0.3) is 0 Å². The lowest BCUT2D eigenvalue weighted by Crippen LogP contribution is -2.28. The van der Waals surface area contributed by atoms with Crippen molar-refractivity contribution in [2.45, 2.75) is 180 Å². The highest BCUT2D eigenvalue weighted by molar-refractivity contribution is 5.80. The molecule has 284 valence electrons. The molecule has 0 aromatic heterocycles. The van der Waals surface area contributed by atoms with Gasteiger partial charge in [0.2, 0.25) is 5.91 Å². The molecule has 0 spiro atoms. The zero-order valence-electron chi connectivity index (χ0n) is 32.0. The summed E-state index contributed by atoms with van der Waals surface area (Å²) in [5.74, 6) is -1.34. The molecule has 1 unspecified atom stereocenters. The van der Waals surface area contributed by atoms with Crippen molar-refractivity contribution in [2.24, 2.45) is 0 Å². The maximum Gasteiger partial charge on any atom is 0.322 e. The van der Waals surface area contributed by atoms with Crippen molar-refractivity contribution >= 4 is 17.8 Å². The second-order valence-corrected chi connectivity index (χ2v) is 13.1. The van der Waals surface area contributed by atoms with E-state index < -0.39 is 5.97 Å². The topological polar surface area (TPSA) is 92.7 Å². The van der Waals surface area contributed by atoms with Gasteiger partial charge in [0.25, 0.3) is 0 Å². The third-order valence-corrected chi connectivity index (χ3v) is 8.38. The van der Waals surface area contributed by atoms with Crippen LogP contribution >= 0.6 is 0 Å². The fraction of sp³-hybridized carbons (Fsp3) is 0.659. The molecule has 2 N–H and O–H groups in total. The van der Waals surface area contributed by atoms with Gasteiger partial charge in [0.05, 0.1) is 0 Å². The van der Waals surface area contributed by atoms with Gasteiger partial charge in [0.1, 0.15) is 12.6 Å². The van der Waals surface area contributed by atoms with Gasteiger partial charge in [-0.25, -0.2) is 0 Å². The van der Waals surface area contributed by atoms with Crippen molar-refractivity contribution in [3.8, 4) is 0 Å². The molecule has 0 aromatic rings. The van der Waals surface area contributed by atoms with Gasteiger partial charge in [-0.3, -0.25) is 14.4 Å². The fourth-order valence-corrected chi connectivity index (χ4v) is 5.44. The van der Waals surface area contributed by atoms with Crippen molar-refractivity contribution < 1.29 is 24.2 Å². The number of allylic oxidation sites excluding steroid dienone is 12. The van der Waals surface area contributed by atoms with Crippen LogP contribution in [0.5, 0.6) is 0 Å². The third kappa shape index (κ3) is 37.7. The Hall–Kier alpha value is -3.15. The van der Waals surface area contributed by atoms with Gasteiger partial charge < -0.3 is 15.2 Å². The first-order chi connectivity index (χ1) is 24.5. The Balaban J connectivity index is 4.39. The van der Waals surface area contributed by atoms with Crippen LogP contribution in [-0.2, 0) is 19.1 Å². The molecule has 0 aromatic carbocycles. The molecule has 1 atom stereocenters. The lowest BCUT2D eigenvalue weighted by molar-refractivity contribution is -0.149. The van der Waals surface area contributed by atoms with E-state index in [0.29, 0.717) is 19.3 Å². The largest absolute Gasteiger partial charge is 0.480 e. The number of carboxylic acid groups (broad SMARTS) is 1. The number of esters is 1. The van der Waals surface area contributed by atoms with E-state index in [4.69, 9.17) is 9.84 Å². The maximum absolute atomic E-state index is 12.7. The van der Waals surface area contributed by atoms with Crippen LogP contribution in [0.3, 0.4) is 0 Å². The molecule has 0 aliphatic carbocycles. The minimum Gasteiger partial charge on any atom is -0.480 e. The van der Waals surface area contributed by atoms with E-state index in [1.807, 2.05) is 0 Å². The van der Waals surface area contributed by atoms with E-state index >= 15 is 0 Å². The van der Waals surface area contributed by atoms with Crippen LogP contribution in [0.4, 0.5) is 0 Å². The smallest absolute Gasteiger partial charge is 0.322 e. The summed E-state index contributed by atoms with van der Waals surface area (Å²) in [5.41, 5.74) is 0. The minimum absolute atomic E-state index is 0.0376. The number of hydrogen-bond donors (Lipinski definition) is 2. The SMILES string of the molecule is CC/C=C\C/C=C\C/C=C\C/C=C\CCC(=O)OC(CCCCC/C=C\C/C=C\CCCCCCC)CCCCCCCC(=O)NCC(=O)O. The number of aliphatic carboxylic acids is 1. The Labute approximate surface area is 306 Å². The number of rotatable bonds is 35. The molecule has 6 nitrogen and oxygen atoms in total. The number of carbonyl (C=O) groups excluding carboxylic acids is 2. The quantitative estimate of drug-likeness (QED) is 0.0391. The second-order valence-electron chi connectivity index (χ2n) is 13.1. The molecule has 0 saturated carbocycles. The summed E-state index contributed by atoms with van der Waals surface area (Å²) in [6.45, 7) is 4.08. The predicted molar refractivity (Wildman–Crippen MR) is 212 cm³/mol. The number of carboxylic acids is 1. The first-order valence-electron chi connectivity index (χ1n) is 20.1. The third-order valence-electron chi connectivity index (χ3n) is 8.38. The predicted octanol–water partition coefficient (Wildman–Crippen LogP) is 12.2. The van der Waals surface area contributed by atoms with Crippen LogP contribution in [0, 0.1) is 0 Å². The Morgan fingerprint density at radius 3 is 1.56 bits per heavy atom. The van der Waals surface area contributed by atoms with E-state index in [1.165, 1.54) is 38.5 Å². The monoisotopic (exact) mass is 696 g/mol. The Morgan fingerprint density at radius 2 is 1.00 bits per heavy atom. The molecular formula is C44H73NO5. The summed E-state index contributed by atoms with van der Waals surface area (Å²) >= 11 is 0. The minimum atomic E-state index is -1.03. The molecule has 0 saturated heterocycles. The lowest BCUT2D eigenvalue weighted by atomic mass is 10.0. The highest BCUT2D eigenvalue weighted by Gasteiger charge is 2.14. The normalized spacial score (nSPS) is 12.8. The van der Waals surface area contributed by atoms with Crippen molar-refractivity contribution in [1.29, 1.82) is 0 Å². The van der Waals surface area contributed by atoms with Crippen molar-refractivity contribution in [3.63, 3.8) is 0 Å². The van der Waals surface area contributed by atoms with Crippen molar-refractivity contribution in [3.05, 3.63) is 72.9 Å². The lowest BCUT2D eigenvalue weighted by Gasteiger charge is -2.18. The van der Waals surface area contributed by atoms with Gasteiger partial charge in [-0.2, -0.15) is 0 Å². The average Bonchev–Trinajstić information content (AvgIpc) is 3.10. The van der Waals surface area contributed by atoms with Gasteiger partial charge >= 0.3 is 11.9 Å². The summed E-state index contributed by atoms with van der Waals surface area (Å²) in [4.78, 5) is 34.9. The number of amides is 1. The van der Waals surface area contributed by atoms with Crippen molar-refractivity contribution in [2.75, 3.05) is 6.54 Å². The van der Waals surface area contributed by atoms with Crippen LogP contribution < -0.4 is 5.32 Å². The van der Waals surface area contributed by atoms with E-state index in [2.05, 4.69) is 92.1 Å². The fourth-order valence-electron chi connectivity index (χ4n) is 5.44. The first-order valence-corrected chi connectivity index (χ1v) is 20.1. The van der Waals surface area contributed by atoms with Gasteiger partial charge in [0, 0.05) is 12.8 Å². The number of carbonyl (C=O) groups is 3. The first kappa shape index (κ1) is 46.9. The van der Waals surface area contributed by atoms with Gasteiger partial charge in [-0.1, -0.05) is 138 Å². The summed E-state index contributed by atoms with van der Waals surface area (Å²) in [6, 6.07) is 0. The zero-order valence-corrected chi connectivity index (χ0v) is 32.0. The van der Waals surface area contributed by atoms with E-state index in [9.17, 15) is 14.4 Å². The molecule has 0 aliphatic rings. The molecule has 1 amide bonds. The summed E-state index contributed by atoms with van der Waals surface area (Å²) < 4.78 is 5.96. The summed E-state index contributed by atoms with van der Waals surface area (Å²) in [5, 5.41) is 11.1. The molecular weight excluding hydrogens is 622 g/mol.